The average Bonchev–Trinajstić information content (AvgIpc) is 3.08. The third-order valence-corrected chi connectivity index (χ3v) is 3.70. The highest BCUT2D eigenvalue weighted by Crippen LogP contribution is 2.24. The molecule has 1 N–H and O–H groups in total. The molecule has 2 aromatic rings. The highest BCUT2D eigenvalue weighted by Gasteiger charge is 2.30. The van der Waals surface area contributed by atoms with Crippen LogP contribution in [0.25, 0.3) is 11.4 Å². The summed E-state index contributed by atoms with van der Waals surface area (Å²) in [7, 11) is 1.82. The van der Waals surface area contributed by atoms with Crippen molar-refractivity contribution >= 4 is 11.6 Å². The zero-order valence-corrected chi connectivity index (χ0v) is 12.1. The van der Waals surface area contributed by atoms with Gasteiger partial charge in [-0.1, -0.05) is 12.1 Å². The van der Waals surface area contributed by atoms with Gasteiger partial charge >= 0.3 is 0 Å². The molecule has 2 heterocycles. The standard InChI is InChI=1S/C15H18N4O2/c1-10-13(6-7-21-10)15(20)17-12-5-3-4-11(8-12)14-16-9-19(2)18-14/h3-5,8-10,13H,6-7H2,1-2H3,(H,17,20)/t10-,13-/m0/s1. The zero-order chi connectivity index (χ0) is 14.8. The van der Waals surface area contributed by atoms with Crippen LogP contribution in [0.15, 0.2) is 30.6 Å². The first-order valence-corrected chi connectivity index (χ1v) is 7.02. The summed E-state index contributed by atoms with van der Waals surface area (Å²) in [6, 6.07) is 7.56. The summed E-state index contributed by atoms with van der Waals surface area (Å²) in [5, 5.41) is 7.21. The lowest BCUT2D eigenvalue weighted by molar-refractivity contribution is -0.121. The predicted molar refractivity (Wildman–Crippen MR) is 78.6 cm³/mol. The first kappa shape index (κ1) is 13.8. The van der Waals surface area contributed by atoms with Gasteiger partial charge in [-0.05, 0) is 25.5 Å². The smallest absolute Gasteiger partial charge is 0.230 e. The number of anilines is 1. The number of aromatic nitrogens is 3. The lowest BCUT2D eigenvalue weighted by atomic mass is 10.0. The molecule has 0 radical (unpaired) electrons. The minimum absolute atomic E-state index is 0.00568. The molecule has 6 heteroatoms. The fourth-order valence-electron chi connectivity index (χ4n) is 2.52. The Morgan fingerprint density at radius 1 is 1.48 bits per heavy atom. The van der Waals surface area contributed by atoms with Gasteiger partial charge in [0, 0.05) is 24.9 Å². The molecule has 0 bridgehead atoms. The molecule has 0 unspecified atom stereocenters. The van der Waals surface area contributed by atoms with Crippen molar-refractivity contribution in [3.63, 3.8) is 0 Å². The highest BCUT2D eigenvalue weighted by atomic mass is 16.5. The lowest BCUT2D eigenvalue weighted by Crippen LogP contribution is -2.27. The number of amides is 1. The van der Waals surface area contributed by atoms with Crippen molar-refractivity contribution < 1.29 is 9.53 Å². The van der Waals surface area contributed by atoms with Crippen LogP contribution < -0.4 is 5.32 Å². The van der Waals surface area contributed by atoms with Gasteiger partial charge in [-0.15, -0.1) is 0 Å². The summed E-state index contributed by atoms with van der Waals surface area (Å²) < 4.78 is 7.09. The van der Waals surface area contributed by atoms with E-state index in [4.69, 9.17) is 4.74 Å². The summed E-state index contributed by atoms with van der Waals surface area (Å²) in [5.74, 6) is 0.568. The van der Waals surface area contributed by atoms with E-state index in [1.807, 2.05) is 38.2 Å². The Labute approximate surface area is 123 Å². The van der Waals surface area contributed by atoms with Crippen molar-refractivity contribution in [2.24, 2.45) is 13.0 Å². The third-order valence-electron chi connectivity index (χ3n) is 3.70. The van der Waals surface area contributed by atoms with Crippen molar-refractivity contribution in [1.82, 2.24) is 14.8 Å². The molecule has 1 aromatic carbocycles. The van der Waals surface area contributed by atoms with Crippen LogP contribution in [-0.4, -0.2) is 33.4 Å². The predicted octanol–water partition coefficient (Wildman–Crippen LogP) is 1.85. The topological polar surface area (TPSA) is 69.0 Å². The summed E-state index contributed by atoms with van der Waals surface area (Å²) in [4.78, 5) is 16.5. The first-order chi connectivity index (χ1) is 10.1. The van der Waals surface area contributed by atoms with Gasteiger partial charge in [-0.25, -0.2) is 4.98 Å². The highest BCUT2D eigenvalue weighted by molar-refractivity contribution is 5.93. The largest absolute Gasteiger partial charge is 0.378 e. The van der Waals surface area contributed by atoms with Gasteiger partial charge in [-0.2, -0.15) is 5.10 Å². The molecular weight excluding hydrogens is 268 g/mol. The summed E-state index contributed by atoms with van der Waals surface area (Å²) in [5.41, 5.74) is 1.63. The zero-order valence-electron chi connectivity index (χ0n) is 12.1. The van der Waals surface area contributed by atoms with E-state index in [2.05, 4.69) is 15.4 Å². The maximum atomic E-state index is 12.3. The van der Waals surface area contributed by atoms with Crippen molar-refractivity contribution in [1.29, 1.82) is 0 Å². The van der Waals surface area contributed by atoms with Crippen LogP contribution >= 0.6 is 0 Å². The van der Waals surface area contributed by atoms with Gasteiger partial charge in [0.2, 0.25) is 5.91 Å². The van der Waals surface area contributed by atoms with Gasteiger partial charge in [-0.3, -0.25) is 9.48 Å². The maximum absolute atomic E-state index is 12.3. The van der Waals surface area contributed by atoms with E-state index in [1.54, 1.807) is 11.0 Å². The number of hydrogen-bond acceptors (Lipinski definition) is 4. The van der Waals surface area contributed by atoms with E-state index in [0.29, 0.717) is 12.4 Å². The Bertz CT molecular complexity index is 653. The molecule has 1 saturated heterocycles. The molecule has 110 valence electrons. The number of hydrogen-bond donors (Lipinski definition) is 1. The van der Waals surface area contributed by atoms with Crippen LogP contribution in [0.5, 0.6) is 0 Å². The fraction of sp³-hybridized carbons (Fsp3) is 0.400. The van der Waals surface area contributed by atoms with Crippen molar-refractivity contribution in [2.45, 2.75) is 19.4 Å². The van der Waals surface area contributed by atoms with Crippen LogP contribution in [0, 0.1) is 5.92 Å². The Hall–Kier alpha value is -2.21. The van der Waals surface area contributed by atoms with Crippen LogP contribution in [-0.2, 0) is 16.6 Å². The number of aryl methyl sites for hydroxylation is 1. The van der Waals surface area contributed by atoms with Crippen LogP contribution in [0.4, 0.5) is 5.69 Å². The van der Waals surface area contributed by atoms with Crippen molar-refractivity contribution in [2.75, 3.05) is 11.9 Å². The SMILES string of the molecule is C[C@@H]1OCC[C@@H]1C(=O)Nc1cccc(-c2ncn(C)n2)c1. The van der Waals surface area contributed by atoms with E-state index in [9.17, 15) is 4.79 Å². The van der Waals surface area contributed by atoms with Crippen LogP contribution in [0.1, 0.15) is 13.3 Å². The Kier molecular flexibility index (Phi) is 3.70. The third kappa shape index (κ3) is 2.95. The molecule has 3 rings (SSSR count). The molecule has 0 spiro atoms. The average molecular weight is 286 g/mol. The van der Waals surface area contributed by atoms with Crippen LogP contribution in [0.2, 0.25) is 0 Å². The van der Waals surface area contributed by atoms with E-state index >= 15 is 0 Å². The normalized spacial score (nSPS) is 21.4. The fourth-order valence-corrected chi connectivity index (χ4v) is 2.52. The van der Waals surface area contributed by atoms with Gasteiger partial charge in [0.05, 0.1) is 12.0 Å². The number of carbonyl (C=O) groups excluding carboxylic acids is 1. The number of nitrogens with zero attached hydrogens (tertiary/aromatic N) is 3. The van der Waals surface area contributed by atoms with E-state index in [-0.39, 0.29) is 17.9 Å². The second-order valence-corrected chi connectivity index (χ2v) is 5.28. The van der Waals surface area contributed by atoms with Gasteiger partial charge < -0.3 is 10.1 Å². The quantitative estimate of drug-likeness (QED) is 0.935. The molecule has 1 amide bonds. The molecule has 1 fully saturated rings. The van der Waals surface area contributed by atoms with E-state index in [1.165, 1.54) is 0 Å². The number of ether oxygens (including phenoxy) is 1. The number of rotatable bonds is 3. The molecule has 2 atom stereocenters. The van der Waals surface area contributed by atoms with Crippen molar-refractivity contribution in [3.8, 4) is 11.4 Å². The Balaban J connectivity index is 1.76. The van der Waals surface area contributed by atoms with E-state index in [0.717, 1.165) is 17.7 Å². The molecule has 0 saturated carbocycles. The summed E-state index contributed by atoms with van der Waals surface area (Å²) in [6.45, 7) is 2.59. The molecule has 1 aliphatic rings. The lowest BCUT2D eigenvalue weighted by Gasteiger charge is -2.14. The molecule has 1 aliphatic heterocycles. The molecule has 6 nitrogen and oxygen atoms in total. The Morgan fingerprint density at radius 2 is 2.33 bits per heavy atom. The summed E-state index contributed by atoms with van der Waals surface area (Å²) in [6.07, 6.45) is 2.40. The number of nitrogens with one attached hydrogen (secondary N) is 1. The summed E-state index contributed by atoms with van der Waals surface area (Å²) >= 11 is 0. The van der Waals surface area contributed by atoms with Gasteiger partial charge in [0.1, 0.15) is 6.33 Å². The minimum Gasteiger partial charge on any atom is -0.378 e. The van der Waals surface area contributed by atoms with E-state index < -0.39 is 0 Å². The van der Waals surface area contributed by atoms with Gasteiger partial charge in [0.15, 0.2) is 5.82 Å². The number of carbonyl (C=O) groups is 1. The maximum Gasteiger partial charge on any atom is 0.230 e. The van der Waals surface area contributed by atoms with Gasteiger partial charge in [0.25, 0.3) is 0 Å². The molecule has 21 heavy (non-hydrogen) atoms. The Morgan fingerprint density at radius 3 is 3.00 bits per heavy atom. The second-order valence-electron chi connectivity index (χ2n) is 5.28. The van der Waals surface area contributed by atoms with Crippen LogP contribution in [0.3, 0.4) is 0 Å². The monoisotopic (exact) mass is 286 g/mol. The first-order valence-electron chi connectivity index (χ1n) is 7.02. The minimum atomic E-state index is -0.0818. The second kappa shape index (κ2) is 5.65. The molecule has 0 aliphatic carbocycles. The molecule has 1 aromatic heterocycles. The van der Waals surface area contributed by atoms with Crippen molar-refractivity contribution in [3.05, 3.63) is 30.6 Å². The number of benzene rings is 1. The molecular formula is C15H18N4O2.